The Labute approximate surface area is 78.1 Å². The normalized spacial score (nSPS) is 10.2. The van der Waals surface area contributed by atoms with Crippen molar-refractivity contribution in [2.45, 2.75) is 13.8 Å². The van der Waals surface area contributed by atoms with Gasteiger partial charge in [-0.3, -0.25) is 4.79 Å². The number of hydrogen-bond acceptors (Lipinski definition) is 2. The lowest BCUT2D eigenvalue weighted by molar-refractivity contribution is -0.121. The van der Waals surface area contributed by atoms with Gasteiger partial charge < -0.3 is 0 Å². The van der Waals surface area contributed by atoms with Gasteiger partial charge in [0, 0.05) is 5.92 Å². The summed E-state index contributed by atoms with van der Waals surface area (Å²) in [6.07, 6.45) is 0. The van der Waals surface area contributed by atoms with Gasteiger partial charge in [-0.15, -0.1) is 0 Å². The first-order valence-corrected chi connectivity index (χ1v) is 4.26. The van der Waals surface area contributed by atoms with Crippen LogP contribution in [0, 0.1) is 5.92 Å². The topological polar surface area (TPSA) is 46.3 Å². The van der Waals surface area contributed by atoms with Crippen molar-refractivity contribution >= 4 is 11.6 Å². The molecule has 70 valence electrons. The van der Waals surface area contributed by atoms with Gasteiger partial charge in [0.1, 0.15) is 0 Å². The van der Waals surface area contributed by atoms with Crippen molar-refractivity contribution in [1.82, 2.24) is 0 Å². The summed E-state index contributed by atoms with van der Waals surface area (Å²) in [4.78, 5) is 11.4. The first-order valence-electron chi connectivity index (χ1n) is 4.26. The zero-order chi connectivity index (χ0) is 9.84. The van der Waals surface area contributed by atoms with Gasteiger partial charge in [-0.2, -0.15) is 0 Å². The highest BCUT2D eigenvalue weighted by Crippen LogP contribution is 2.11. The summed E-state index contributed by atoms with van der Waals surface area (Å²) >= 11 is 0. The minimum Gasteiger partial charge on any atom is -0.273 e. The van der Waals surface area contributed by atoms with Gasteiger partial charge in [0.25, 0.3) is 0 Å². The summed E-state index contributed by atoms with van der Waals surface area (Å²) in [5.41, 5.74) is 0.723. The van der Waals surface area contributed by atoms with Crippen molar-refractivity contribution in [3.8, 4) is 0 Å². The maximum absolute atomic E-state index is 11.4. The number of para-hydroxylation sites is 1. The van der Waals surface area contributed by atoms with E-state index < -0.39 is 0 Å². The number of nitrogens with zero attached hydrogens (tertiary/aromatic N) is 1. The highest BCUT2D eigenvalue weighted by atomic mass is 16.2. The minimum atomic E-state index is -0.0785. The molecule has 0 radical (unpaired) electrons. The maximum Gasteiger partial charge on any atom is 0.243 e. The molecular formula is C10H14N2O. The van der Waals surface area contributed by atoms with E-state index in [4.69, 9.17) is 5.84 Å². The van der Waals surface area contributed by atoms with Crippen LogP contribution in [0.25, 0.3) is 0 Å². The Morgan fingerprint density at radius 2 is 1.85 bits per heavy atom. The van der Waals surface area contributed by atoms with Crippen LogP contribution in [-0.2, 0) is 4.79 Å². The molecule has 0 saturated carbocycles. The van der Waals surface area contributed by atoms with Crippen molar-refractivity contribution < 1.29 is 4.79 Å². The van der Waals surface area contributed by atoms with Crippen molar-refractivity contribution in [2.24, 2.45) is 11.8 Å². The van der Waals surface area contributed by atoms with E-state index >= 15 is 0 Å². The second kappa shape index (κ2) is 4.05. The number of carbonyl (C=O) groups excluding carboxylic acids is 1. The summed E-state index contributed by atoms with van der Waals surface area (Å²) in [6, 6.07) is 9.20. The Balaban J connectivity index is 2.80. The van der Waals surface area contributed by atoms with Crippen LogP contribution < -0.4 is 10.9 Å². The number of benzene rings is 1. The molecule has 0 saturated heterocycles. The average molecular weight is 178 g/mol. The van der Waals surface area contributed by atoms with Crippen molar-refractivity contribution in [3.05, 3.63) is 30.3 Å². The van der Waals surface area contributed by atoms with E-state index in [0.29, 0.717) is 0 Å². The molecule has 0 unspecified atom stereocenters. The minimum absolute atomic E-state index is 0.0776. The summed E-state index contributed by atoms with van der Waals surface area (Å²) in [6.45, 7) is 3.65. The predicted octanol–water partition coefficient (Wildman–Crippen LogP) is 1.55. The average Bonchev–Trinajstić information content (AvgIpc) is 2.17. The monoisotopic (exact) mass is 178 g/mol. The Morgan fingerprint density at radius 3 is 2.31 bits per heavy atom. The molecule has 0 atom stereocenters. The van der Waals surface area contributed by atoms with E-state index in [9.17, 15) is 4.79 Å². The van der Waals surface area contributed by atoms with Crippen LogP contribution in [0.4, 0.5) is 5.69 Å². The highest BCUT2D eigenvalue weighted by molar-refractivity contribution is 5.93. The summed E-state index contributed by atoms with van der Waals surface area (Å²) in [5, 5.41) is 1.19. The lowest BCUT2D eigenvalue weighted by atomic mass is 10.2. The molecule has 0 fully saturated rings. The second-order valence-electron chi connectivity index (χ2n) is 3.20. The molecule has 0 aliphatic carbocycles. The van der Waals surface area contributed by atoms with Gasteiger partial charge >= 0.3 is 0 Å². The molecule has 0 spiro atoms. The summed E-state index contributed by atoms with van der Waals surface area (Å²) < 4.78 is 0. The third-order valence-corrected chi connectivity index (χ3v) is 1.77. The fourth-order valence-electron chi connectivity index (χ4n) is 0.994. The van der Waals surface area contributed by atoms with Crippen LogP contribution in [0.3, 0.4) is 0 Å². The van der Waals surface area contributed by atoms with Crippen LogP contribution in [0.5, 0.6) is 0 Å². The zero-order valence-corrected chi connectivity index (χ0v) is 7.90. The molecule has 0 aliphatic heterocycles. The number of rotatable bonds is 2. The van der Waals surface area contributed by atoms with Crippen LogP contribution in [-0.4, -0.2) is 5.91 Å². The molecule has 1 rings (SSSR count). The summed E-state index contributed by atoms with van der Waals surface area (Å²) in [5.74, 6) is 5.47. The quantitative estimate of drug-likeness (QED) is 0.424. The molecule has 1 aromatic rings. The van der Waals surface area contributed by atoms with Gasteiger partial charge in [0.2, 0.25) is 5.91 Å². The Bertz CT molecular complexity index is 282. The smallest absolute Gasteiger partial charge is 0.243 e. The first-order chi connectivity index (χ1) is 6.13. The van der Waals surface area contributed by atoms with Crippen LogP contribution >= 0.6 is 0 Å². The third kappa shape index (κ3) is 2.29. The van der Waals surface area contributed by atoms with Gasteiger partial charge in [0.15, 0.2) is 0 Å². The van der Waals surface area contributed by atoms with Gasteiger partial charge in [-0.1, -0.05) is 32.0 Å². The van der Waals surface area contributed by atoms with Gasteiger partial charge in [-0.25, -0.2) is 10.9 Å². The standard InChI is InChI=1S/C10H14N2O/c1-8(2)10(13)12(11)9-6-4-3-5-7-9/h3-8H,11H2,1-2H3. The zero-order valence-electron chi connectivity index (χ0n) is 7.90. The van der Waals surface area contributed by atoms with E-state index in [0.717, 1.165) is 5.69 Å². The molecular weight excluding hydrogens is 164 g/mol. The van der Waals surface area contributed by atoms with E-state index in [1.165, 1.54) is 5.01 Å². The molecule has 1 amide bonds. The molecule has 3 heteroatoms. The fourth-order valence-corrected chi connectivity index (χ4v) is 0.994. The molecule has 13 heavy (non-hydrogen) atoms. The van der Waals surface area contributed by atoms with Crippen molar-refractivity contribution in [1.29, 1.82) is 0 Å². The number of carbonyl (C=O) groups is 1. The van der Waals surface area contributed by atoms with Crippen molar-refractivity contribution in [3.63, 3.8) is 0 Å². The van der Waals surface area contributed by atoms with E-state index in [-0.39, 0.29) is 11.8 Å². The molecule has 0 bridgehead atoms. The van der Waals surface area contributed by atoms with Crippen LogP contribution in [0.2, 0.25) is 0 Å². The second-order valence-corrected chi connectivity index (χ2v) is 3.20. The van der Waals surface area contributed by atoms with E-state index in [1.54, 1.807) is 12.1 Å². The number of amides is 1. The number of hydrogen-bond donors (Lipinski definition) is 1. The molecule has 3 nitrogen and oxygen atoms in total. The molecule has 0 aromatic heterocycles. The first kappa shape index (κ1) is 9.74. The van der Waals surface area contributed by atoms with E-state index in [1.807, 2.05) is 32.0 Å². The van der Waals surface area contributed by atoms with Crippen LogP contribution in [0.1, 0.15) is 13.8 Å². The van der Waals surface area contributed by atoms with Crippen LogP contribution in [0.15, 0.2) is 30.3 Å². The van der Waals surface area contributed by atoms with Crippen molar-refractivity contribution in [2.75, 3.05) is 5.01 Å². The number of anilines is 1. The third-order valence-electron chi connectivity index (χ3n) is 1.77. The number of nitrogens with two attached hydrogens (primary N) is 1. The van der Waals surface area contributed by atoms with Gasteiger partial charge in [-0.05, 0) is 12.1 Å². The predicted molar refractivity (Wildman–Crippen MR) is 53.0 cm³/mol. The fraction of sp³-hybridized carbons (Fsp3) is 0.300. The molecule has 0 heterocycles. The Kier molecular flexibility index (Phi) is 3.03. The largest absolute Gasteiger partial charge is 0.273 e. The lowest BCUT2D eigenvalue weighted by Gasteiger charge is -2.18. The Hall–Kier alpha value is -1.35. The molecule has 0 aliphatic rings. The molecule has 2 N–H and O–H groups in total. The SMILES string of the molecule is CC(C)C(=O)N(N)c1ccccc1. The van der Waals surface area contributed by atoms with Gasteiger partial charge in [0.05, 0.1) is 5.69 Å². The maximum atomic E-state index is 11.4. The highest BCUT2D eigenvalue weighted by Gasteiger charge is 2.14. The Morgan fingerprint density at radius 1 is 1.31 bits per heavy atom. The van der Waals surface area contributed by atoms with E-state index in [2.05, 4.69) is 0 Å². The summed E-state index contributed by atoms with van der Waals surface area (Å²) in [7, 11) is 0. The lowest BCUT2D eigenvalue weighted by Crippen LogP contribution is -2.40. The molecule has 1 aromatic carbocycles. The number of hydrazine groups is 1.